The van der Waals surface area contributed by atoms with Crippen molar-refractivity contribution in [2.75, 3.05) is 33.3 Å². The summed E-state index contributed by atoms with van der Waals surface area (Å²) < 4.78 is 5.17. The first kappa shape index (κ1) is 22.1. The summed E-state index contributed by atoms with van der Waals surface area (Å²) in [6.07, 6.45) is 0. The van der Waals surface area contributed by atoms with Crippen molar-refractivity contribution >= 4 is 5.91 Å². The van der Waals surface area contributed by atoms with Crippen LogP contribution in [0, 0.1) is 0 Å². The van der Waals surface area contributed by atoms with E-state index in [1.807, 2.05) is 36.4 Å². The fourth-order valence-corrected chi connectivity index (χ4v) is 3.99. The van der Waals surface area contributed by atoms with Crippen LogP contribution in [-0.2, 0) is 19.6 Å². The number of amides is 1. The Morgan fingerprint density at radius 2 is 1.28 bits per heavy atom. The number of ether oxygens (including phenoxy) is 1. The molecule has 166 valence electrons. The van der Waals surface area contributed by atoms with Crippen LogP contribution in [0.1, 0.15) is 27.0 Å². The summed E-state index contributed by atoms with van der Waals surface area (Å²) in [5, 5.41) is 2.98. The summed E-state index contributed by atoms with van der Waals surface area (Å²) in [5.74, 6) is 0.759. The van der Waals surface area contributed by atoms with Gasteiger partial charge in [0.2, 0.25) is 0 Å². The Morgan fingerprint density at radius 1 is 0.750 bits per heavy atom. The Bertz CT molecular complexity index is 980. The molecule has 32 heavy (non-hydrogen) atoms. The number of nitrogens with one attached hydrogen (secondary N) is 1. The van der Waals surface area contributed by atoms with E-state index >= 15 is 0 Å². The fraction of sp³-hybridized carbons (Fsp3) is 0.296. The number of carbonyl (C=O) groups is 1. The van der Waals surface area contributed by atoms with Crippen molar-refractivity contribution in [2.24, 2.45) is 0 Å². The Kier molecular flexibility index (Phi) is 7.54. The first-order valence-electron chi connectivity index (χ1n) is 11.2. The van der Waals surface area contributed by atoms with Gasteiger partial charge in [0.25, 0.3) is 5.91 Å². The van der Waals surface area contributed by atoms with Gasteiger partial charge in [-0.15, -0.1) is 0 Å². The minimum atomic E-state index is -0.0538. The van der Waals surface area contributed by atoms with Gasteiger partial charge >= 0.3 is 0 Å². The molecule has 0 aromatic heterocycles. The van der Waals surface area contributed by atoms with Gasteiger partial charge in [0.15, 0.2) is 0 Å². The van der Waals surface area contributed by atoms with Crippen molar-refractivity contribution < 1.29 is 9.53 Å². The summed E-state index contributed by atoms with van der Waals surface area (Å²) >= 11 is 0. The lowest BCUT2D eigenvalue weighted by Gasteiger charge is -2.34. The van der Waals surface area contributed by atoms with Gasteiger partial charge in [0.05, 0.1) is 7.11 Å². The third kappa shape index (κ3) is 6.19. The maximum absolute atomic E-state index is 12.5. The third-order valence-electron chi connectivity index (χ3n) is 5.95. The molecule has 3 aromatic rings. The lowest BCUT2D eigenvalue weighted by atomic mass is 10.1. The van der Waals surface area contributed by atoms with Crippen LogP contribution in [0.5, 0.6) is 5.75 Å². The van der Waals surface area contributed by atoms with E-state index in [0.29, 0.717) is 12.1 Å². The summed E-state index contributed by atoms with van der Waals surface area (Å²) in [6.45, 7) is 6.75. The number of methoxy groups -OCH3 is 1. The van der Waals surface area contributed by atoms with Gasteiger partial charge in [0, 0.05) is 51.4 Å². The molecule has 0 spiro atoms. The average molecular weight is 430 g/mol. The second-order valence-corrected chi connectivity index (χ2v) is 8.27. The molecule has 0 saturated carbocycles. The van der Waals surface area contributed by atoms with Crippen LogP contribution in [0.15, 0.2) is 78.9 Å². The predicted octanol–water partition coefficient (Wildman–Crippen LogP) is 3.94. The van der Waals surface area contributed by atoms with Crippen molar-refractivity contribution in [1.29, 1.82) is 0 Å². The molecule has 0 atom stereocenters. The molecule has 1 fully saturated rings. The molecule has 3 aromatic carbocycles. The highest BCUT2D eigenvalue weighted by atomic mass is 16.5. The molecule has 0 aliphatic carbocycles. The van der Waals surface area contributed by atoms with Gasteiger partial charge < -0.3 is 10.1 Å². The minimum absolute atomic E-state index is 0.0538. The van der Waals surface area contributed by atoms with Gasteiger partial charge in [0.1, 0.15) is 5.75 Å². The van der Waals surface area contributed by atoms with Crippen LogP contribution in [0.2, 0.25) is 0 Å². The molecule has 1 amide bonds. The maximum atomic E-state index is 12.5. The van der Waals surface area contributed by atoms with Crippen LogP contribution in [-0.4, -0.2) is 49.0 Å². The normalized spacial score (nSPS) is 14.8. The first-order chi connectivity index (χ1) is 15.7. The molecule has 1 heterocycles. The minimum Gasteiger partial charge on any atom is -0.497 e. The van der Waals surface area contributed by atoms with E-state index in [1.54, 1.807) is 7.11 Å². The standard InChI is InChI=1S/C27H31N3O2/c1-32-26-13-9-22(10-14-26)19-28-27(31)25-11-7-24(8-12-25)21-30-17-15-29(16-18-30)20-23-5-3-2-4-6-23/h2-14H,15-21H2,1H3,(H,28,31). The lowest BCUT2D eigenvalue weighted by molar-refractivity contribution is 0.0951. The van der Waals surface area contributed by atoms with Crippen molar-refractivity contribution in [3.8, 4) is 5.75 Å². The van der Waals surface area contributed by atoms with Crippen LogP contribution in [0.3, 0.4) is 0 Å². The van der Waals surface area contributed by atoms with Crippen LogP contribution in [0.25, 0.3) is 0 Å². The number of nitrogens with zero attached hydrogens (tertiary/aromatic N) is 2. The predicted molar refractivity (Wildman–Crippen MR) is 128 cm³/mol. The maximum Gasteiger partial charge on any atom is 0.251 e. The molecule has 1 aliphatic rings. The Hall–Kier alpha value is -3.15. The first-order valence-corrected chi connectivity index (χ1v) is 11.2. The topological polar surface area (TPSA) is 44.8 Å². The smallest absolute Gasteiger partial charge is 0.251 e. The number of benzene rings is 3. The molecule has 1 aliphatic heterocycles. The van der Waals surface area contributed by atoms with Crippen LogP contribution < -0.4 is 10.1 Å². The van der Waals surface area contributed by atoms with Gasteiger partial charge in [-0.05, 0) is 41.0 Å². The zero-order valence-corrected chi connectivity index (χ0v) is 18.7. The highest BCUT2D eigenvalue weighted by Crippen LogP contribution is 2.14. The number of carbonyl (C=O) groups excluding carboxylic acids is 1. The van der Waals surface area contributed by atoms with Gasteiger partial charge in [-0.2, -0.15) is 0 Å². The van der Waals surface area contributed by atoms with E-state index in [-0.39, 0.29) is 5.91 Å². The van der Waals surface area contributed by atoms with E-state index in [4.69, 9.17) is 4.74 Å². The second kappa shape index (κ2) is 10.9. The molecule has 0 radical (unpaired) electrons. The second-order valence-electron chi connectivity index (χ2n) is 8.27. The highest BCUT2D eigenvalue weighted by molar-refractivity contribution is 5.94. The molecule has 1 saturated heterocycles. The Balaban J connectivity index is 1.21. The quantitative estimate of drug-likeness (QED) is 0.589. The SMILES string of the molecule is COc1ccc(CNC(=O)c2ccc(CN3CCN(Cc4ccccc4)CC3)cc2)cc1. The van der Waals surface area contributed by atoms with Crippen molar-refractivity contribution in [2.45, 2.75) is 19.6 Å². The summed E-state index contributed by atoms with van der Waals surface area (Å²) in [7, 11) is 1.65. The van der Waals surface area contributed by atoms with Gasteiger partial charge in [-0.1, -0.05) is 54.6 Å². The van der Waals surface area contributed by atoms with Crippen molar-refractivity contribution in [1.82, 2.24) is 15.1 Å². The third-order valence-corrected chi connectivity index (χ3v) is 5.95. The van der Waals surface area contributed by atoms with Crippen LogP contribution >= 0.6 is 0 Å². The van der Waals surface area contributed by atoms with Crippen molar-refractivity contribution in [3.63, 3.8) is 0 Å². The Labute approximate surface area is 190 Å². The number of hydrogen-bond donors (Lipinski definition) is 1. The molecule has 5 nitrogen and oxygen atoms in total. The number of rotatable bonds is 8. The average Bonchev–Trinajstić information content (AvgIpc) is 2.85. The summed E-state index contributed by atoms with van der Waals surface area (Å²) in [5.41, 5.74) is 4.35. The number of piperazine rings is 1. The van der Waals surface area contributed by atoms with E-state index in [9.17, 15) is 4.79 Å². The molecule has 4 rings (SSSR count). The molecule has 0 bridgehead atoms. The fourth-order valence-electron chi connectivity index (χ4n) is 3.99. The van der Waals surface area contributed by atoms with Gasteiger partial charge in [-0.3, -0.25) is 14.6 Å². The molecular formula is C27H31N3O2. The van der Waals surface area contributed by atoms with E-state index in [0.717, 1.165) is 50.6 Å². The molecule has 0 unspecified atom stereocenters. The molecular weight excluding hydrogens is 398 g/mol. The molecule has 1 N–H and O–H groups in total. The van der Waals surface area contributed by atoms with E-state index < -0.39 is 0 Å². The van der Waals surface area contributed by atoms with Crippen LogP contribution in [0.4, 0.5) is 0 Å². The lowest BCUT2D eigenvalue weighted by Crippen LogP contribution is -2.45. The summed E-state index contributed by atoms with van der Waals surface area (Å²) in [4.78, 5) is 17.5. The van der Waals surface area contributed by atoms with Gasteiger partial charge in [-0.25, -0.2) is 0 Å². The monoisotopic (exact) mass is 429 g/mol. The Morgan fingerprint density at radius 3 is 1.84 bits per heavy atom. The molecule has 5 heteroatoms. The number of hydrogen-bond acceptors (Lipinski definition) is 4. The highest BCUT2D eigenvalue weighted by Gasteiger charge is 2.17. The van der Waals surface area contributed by atoms with E-state index in [1.165, 1.54) is 11.1 Å². The zero-order chi connectivity index (χ0) is 22.2. The largest absolute Gasteiger partial charge is 0.497 e. The zero-order valence-electron chi connectivity index (χ0n) is 18.7. The van der Waals surface area contributed by atoms with E-state index in [2.05, 4.69) is 57.6 Å². The van der Waals surface area contributed by atoms with Crippen molar-refractivity contribution in [3.05, 3.63) is 101 Å². The summed E-state index contributed by atoms with van der Waals surface area (Å²) in [6, 6.07) is 26.4.